The third kappa shape index (κ3) is 4.68. The summed E-state index contributed by atoms with van der Waals surface area (Å²) in [6, 6.07) is 4.98. The molecule has 5 rings (SSSR count). The first-order valence-electron chi connectivity index (χ1n) is 12.8. The summed E-state index contributed by atoms with van der Waals surface area (Å²) in [5.74, 6) is 0.662. The maximum Gasteiger partial charge on any atom is 0.270 e. The van der Waals surface area contributed by atoms with Crippen molar-refractivity contribution in [1.82, 2.24) is 20.1 Å². The summed E-state index contributed by atoms with van der Waals surface area (Å²) in [6.07, 6.45) is 12.8. The van der Waals surface area contributed by atoms with Crippen molar-refractivity contribution in [3.05, 3.63) is 36.3 Å². The average Bonchev–Trinajstić information content (AvgIpc) is 3.41. The van der Waals surface area contributed by atoms with Crippen LogP contribution in [0.4, 0.5) is 11.5 Å². The highest BCUT2D eigenvalue weighted by Gasteiger charge is 2.54. The van der Waals surface area contributed by atoms with Gasteiger partial charge in [0.2, 0.25) is 5.91 Å². The number of carbonyl (C=O) groups is 2. The van der Waals surface area contributed by atoms with Gasteiger partial charge < -0.3 is 15.5 Å². The zero-order valence-corrected chi connectivity index (χ0v) is 20.3. The van der Waals surface area contributed by atoms with Crippen LogP contribution in [0, 0.1) is 17.3 Å². The molecule has 1 saturated heterocycles. The van der Waals surface area contributed by atoms with E-state index >= 15 is 0 Å². The number of nitrogens with zero attached hydrogens (tertiary/aromatic N) is 4. The van der Waals surface area contributed by atoms with E-state index in [1.165, 1.54) is 25.7 Å². The van der Waals surface area contributed by atoms with Crippen LogP contribution in [-0.2, 0) is 11.8 Å². The Balaban J connectivity index is 1.35. The number of rotatable bonds is 8. The van der Waals surface area contributed by atoms with Crippen LogP contribution in [0.3, 0.4) is 0 Å². The van der Waals surface area contributed by atoms with Gasteiger partial charge in [0, 0.05) is 26.3 Å². The lowest BCUT2D eigenvalue weighted by atomic mass is 9.66. The van der Waals surface area contributed by atoms with Gasteiger partial charge in [0.15, 0.2) is 0 Å². The van der Waals surface area contributed by atoms with E-state index in [4.69, 9.17) is 0 Å². The molecule has 0 bridgehead atoms. The summed E-state index contributed by atoms with van der Waals surface area (Å²) in [6.45, 7) is 4.37. The number of aromatic nitrogens is 3. The fraction of sp³-hybridized carbons (Fsp3) is 0.615. The van der Waals surface area contributed by atoms with Crippen LogP contribution < -0.4 is 15.5 Å². The second kappa shape index (κ2) is 9.39. The standard InChI is InChI=1S/C26H36N6O2/c1-26(12-13-26)22(18-7-6-8-18)23(30-24(33)20-11-14-28-31(20)2)25(34)29-21-10-9-19(17-27-21)32-15-4-3-5-16-32/h9-11,14,17-18,22-23H,3-8,12-13,15-16H2,1-2H3,(H,30,33)(H,27,29,34)/t22?,23-/m0/s1. The summed E-state index contributed by atoms with van der Waals surface area (Å²) < 4.78 is 1.54. The number of piperidine rings is 1. The first-order valence-corrected chi connectivity index (χ1v) is 12.8. The second-order valence-electron chi connectivity index (χ2n) is 10.6. The monoisotopic (exact) mass is 464 g/mol. The zero-order valence-electron chi connectivity index (χ0n) is 20.3. The molecule has 182 valence electrons. The molecule has 3 heterocycles. The van der Waals surface area contributed by atoms with Crippen LogP contribution >= 0.6 is 0 Å². The van der Waals surface area contributed by atoms with Gasteiger partial charge in [0.25, 0.3) is 5.91 Å². The quantitative estimate of drug-likeness (QED) is 0.621. The molecule has 0 aromatic carbocycles. The van der Waals surface area contributed by atoms with Crippen molar-refractivity contribution in [2.24, 2.45) is 24.3 Å². The van der Waals surface area contributed by atoms with Gasteiger partial charge in [0.05, 0.1) is 11.9 Å². The fourth-order valence-electron chi connectivity index (χ4n) is 5.71. The Morgan fingerprint density at radius 3 is 2.41 bits per heavy atom. The van der Waals surface area contributed by atoms with Crippen molar-refractivity contribution in [2.75, 3.05) is 23.3 Å². The summed E-state index contributed by atoms with van der Waals surface area (Å²) >= 11 is 0. The first kappa shape index (κ1) is 22.9. The SMILES string of the molecule is Cn1nccc1C(=O)N[C@H](C(=O)Nc1ccc(N2CCCCC2)cn1)C(C1CCC1)C1(C)CC1. The Hall–Kier alpha value is -2.90. The maximum atomic E-state index is 13.7. The summed E-state index contributed by atoms with van der Waals surface area (Å²) in [5.41, 5.74) is 1.64. The van der Waals surface area contributed by atoms with E-state index in [0.717, 1.165) is 44.5 Å². The molecule has 2 aromatic heterocycles. The molecule has 2 N–H and O–H groups in total. The van der Waals surface area contributed by atoms with Crippen molar-refractivity contribution in [2.45, 2.75) is 64.3 Å². The molecule has 2 amide bonds. The number of amides is 2. The summed E-state index contributed by atoms with van der Waals surface area (Å²) in [4.78, 5) is 33.7. The Labute approximate surface area is 201 Å². The predicted octanol–water partition coefficient (Wildman–Crippen LogP) is 3.76. The number of pyridine rings is 1. The molecular formula is C26H36N6O2. The highest BCUT2D eigenvalue weighted by Crippen LogP contribution is 2.58. The number of aryl methyl sites for hydroxylation is 1. The third-order valence-corrected chi connectivity index (χ3v) is 8.20. The van der Waals surface area contributed by atoms with Gasteiger partial charge >= 0.3 is 0 Å². The first-order chi connectivity index (χ1) is 16.4. The lowest BCUT2D eigenvalue weighted by Gasteiger charge is -2.42. The van der Waals surface area contributed by atoms with Gasteiger partial charge in [0.1, 0.15) is 17.6 Å². The van der Waals surface area contributed by atoms with Crippen LogP contribution in [-0.4, -0.2) is 45.7 Å². The lowest BCUT2D eigenvalue weighted by molar-refractivity contribution is -0.121. The van der Waals surface area contributed by atoms with Crippen molar-refractivity contribution in [1.29, 1.82) is 0 Å². The van der Waals surface area contributed by atoms with Gasteiger partial charge in [-0.15, -0.1) is 0 Å². The number of hydrogen-bond acceptors (Lipinski definition) is 5. The van der Waals surface area contributed by atoms with Crippen molar-refractivity contribution in [3.63, 3.8) is 0 Å². The third-order valence-electron chi connectivity index (χ3n) is 8.20. The normalized spacial score (nSPS) is 21.3. The van der Waals surface area contributed by atoms with Gasteiger partial charge in [-0.05, 0) is 67.6 Å². The summed E-state index contributed by atoms with van der Waals surface area (Å²) in [5, 5.41) is 10.2. The smallest absolute Gasteiger partial charge is 0.270 e. The molecular weight excluding hydrogens is 428 g/mol. The molecule has 3 fully saturated rings. The van der Waals surface area contributed by atoms with E-state index in [-0.39, 0.29) is 23.1 Å². The second-order valence-corrected chi connectivity index (χ2v) is 10.6. The van der Waals surface area contributed by atoms with E-state index in [1.54, 1.807) is 24.0 Å². The van der Waals surface area contributed by atoms with Crippen LogP contribution in [0.1, 0.15) is 68.8 Å². The van der Waals surface area contributed by atoms with Crippen LogP contribution in [0.5, 0.6) is 0 Å². The van der Waals surface area contributed by atoms with Crippen LogP contribution in [0.15, 0.2) is 30.6 Å². The fourth-order valence-corrected chi connectivity index (χ4v) is 5.71. The predicted molar refractivity (Wildman–Crippen MR) is 132 cm³/mol. The van der Waals surface area contributed by atoms with Gasteiger partial charge in [-0.3, -0.25) is 14.3 Å². The molecule has 34 heavy (non-hydrogen) atoms. The summed E-state index contributed by atoms with van der Waals surface area (Å²) in [7, 11) is 1.74. The van der Waals surface area contributed by atoms with E-state index in [9.17, 15) is 9.59 Å². The average molecular weight is 465 g/mol. The van der Waals surface area contributed by atoms with Gasteiger partial charge in [-0.25, -0.2) is 4.98 Å². The Morgan fingerprint density at radius 2 is 1.85 bits per heavy atom. The zero-order chi connectivity index (χ0) is 23.7. The molecule has 8 heteroatoms. The Kier molecular flexibility index (Phi) is 6.32. The highest BCUT2D eigenvalue weighted by molar-refractivity contribution is 6.00. The molecule has 1 aliphatic heterocycles. The number of carbonyl (C=O) groups excluding carboxylic acids is 2. The minimum atomic E-state index is -0.608. The number of anilines is 2. The largest absolute Gasteiger partial charge is 0.370 e. The van der Waals surface area contributed by atoms with E-state index in [1.807, 2.05) is 18.3 Å². The van der Waals surface area contributed by atoms with E-state index < -0.39 is 6.04 Å². The molecule has 0 radical (unpaired) electrons. The molecule has 2 saturated carbocycles. The topological polar surface area (TPSA) is 92.1 Å². The molecule has 3 aliphatic rings. The minimum Gasteiger partial charge on any atom is -0.370 e. The van der Waals surface area contributed by atoms with Gasteiger partial charge in [-0.2, -0.15) is 5.10 Å². The van der Waals surface area contributed by atoms with Crippen LogP contribution in [0.2, 0.25) is 0 Å². The maximum absolute atomic E-state index is 13.7. The Bertz CT molecular complexity index is 1020. The number of hydrogen-bond donors (Lipinski definition) is 2. The molecule has 2 aliphatic carbocycles. The van der Waals surface area contributed by atoms with Crippen molar-refractivity contribution >= 4 is 23.3 Å². The lowest BCUT2D eigenvalue weighted by Crippen LogP contribution is -2.54. The molecule has 1 unspecified atom stereocenters. The highest BCUT2D eigenvalue weighted by atomic mass is 16.2. The minimum absolute atomic E-state index is 0.0956. The van der Waals surface area contributed by atoms with E-state index in [2.05, 4.69) is 32.5 Å². The Morgan fingerprint density at radius 1 is 1.09 bits per heavy atom. The number of nitrogens with one attached hydrogen (secondary N) is 2. The molecule has 0 spiro atoms. The van der Waals surface area contributed by atoms with Crippen LogP contribution in [0.25, 0.3) is 0 Å². The van der Waals surface area contributed by atoms with Crippen molar-refractivity contribution < 1.29 is 9.59 Å². The molecule has 2 aromatic rings. The molecule has 2 atom stereocenters. The molecule has 8 nitrogen and oxygen atoms in total. The van der Waals surface area contributed by atoms with Crippen molar-refractivity contribution in [3.8, 4) is 0 Å². The van der Waals surface area contributed by atoms with Gasteiger partial charge in [-0.1, -0.05) is 26.2 Å². The van der Waals surface area contributed by atoms with E-state index in [0.29, 0.717) is 17.4 Å².